The van der Waals surface area contributed by atoms with E-state index in [0.29, 0.717) is 0 Å². The molecule has 1 aromatic heterocycles. The van der Waals surface area contributed by atoms with Gasteiger partial charge in [-0.15, -0.1) is 13.2 Å². The zero-order valence-electron chi connectivity index (χ0n) is 8.61. The lowest BCUT2D eigenvalue weighted by molar-refractivity contribution is -0.389. The topological polar surface area (TPSA) is 89.0 Å². The van der Waals surface area contributed by atoms with Crippen molar-refractivity contribution in [3.63, 3.8) is 0 Å². The van der Waals surface area contributed by atoms with Gasteiger partial charge in [-0.25, -0.2) is 13.8 Å². The highest BCUT2D eigenvalue weighted by Crippen LogP contribution is 2.40. The molecule has 0 aliphatic rings. The van der Waals surface area contributed by atoms with E-state index in [9.17, 15) is 32.1 Å². The average molecular weight is 283 g/mol. The van der Waals surface area contributed by atoms with Crippen LogP contribution in [0.2, 0.25) is 0 Å². The van der Waals surface area contributed by atoms with Gasteiger partial charge >= 0.3 is 12.0 Å². The van der Waals surface area contributed by atoms with Gasteiger partial charge in [-0.3, -0.25) is 10.1 Å². The zero-order chi connectivity index (χ0) is 14.8. The Labute approximate surface area is 101 Å². The summed E-state index contributed by atoms with van der Waals surface area (Å²) in [6.45, 7) is 0. The summed E-state index contributed by atoms with van der Waals surface area (Å²) in [6, 6.07) is 1.11. The summed E-state index contributed by atoms with van der Waals surface area (Å²) in [6.07, 6.45) is -8.78. The van der Waals surface area contributed by atoms with Crippen LogP contribution < -0.4 is 4.74 Å². The Morgan fingerprint density at radius 2 is 2.05 bits per heavy atom. The molecule has 0 aliphatic heterocycles. The zero-order valence-corrected chi connectivity index (χ0v) is 8.61. The number of aromatic nitrogens is 1. The number of alkyl halides is 5. The van der Waals surface area contributed by atoms with Crippen molar-refractivity contribution < 1.29 is 31.6 Å². The second-order valence-electron chi connectivity index (χ2n) is 2.95. The van der Waals surface area contributed by atoms with Gasteiger partial charge in [-0.05, 0) is 0 Å². The predicted octanol–water partition coefficient (Wildman–Crippen LogP) is 2.70. The minimum atomic E-state index is -5.43. The van der Waals surface area contributed by atoms with Gasteiger partial charge in [0.2, 0.25) is 5.75 Å². The second-order valence-corrected chi connectivity index (χ2v) is 2.95. The molecule has 0 aromatic carbocycles. The quantitative estimate of drug-likeness (QED) is 0.483. The van der Waals surface area contributed by atoms with Crippen molar-refractivity contribution in [1.29, 1.82) is 5.26 Å². The van der Waals surface area contributed by atoms with Gasteiger partial charge in [0, 0.05) is 0 Å². The van der Waals surface area contributed by atoms with Gasteiger partial charge in [0.25, 0.3) is 6.43 Å². The van der Waals surface area contributed by atoms with Crippen LogP contribution in [0.25, 0.3) is 0 Å². The molecule has 0 atom stereocenters. The van der Waals surface area contributed by atoms with Crippen LogP contribution in [0.4, 0.5) is 27.6 Å². The molecule has 0 fully saturated rings. The molecule has 0 spiro atoms. The highest BCUT2D eigenvalue weighted by atomic mass is 19.4. The molecule has 0 bridgehead atoms. The molecule has 19 heavy (non-hydrogen) atoms. The number of ether oxygens (including phenoxy) is 1. The van der Waals surface area contributed by atoms with Crippen molar-refractivity contribution in [1.82, 2.24) is 4.98 Å². The van der Waals surface area contributed by atoms with Gasteiger partial charge in [-0.1, -0.05) is 0 Å². The lowest BCUT2D eigenvalue weighted by atomic mass is 10.1. The van der Waals surface area contributed by atoms with Crippen molar-refractivity contribution in [2.75, 3.05) is 0 Å². The third-order valence-corrected chi connectivity index (χ3v) is 1.79. The number of rotatable bonds is 3. The fourth-order valence-electron chi connectivity index (χ4n) is 1.14. The normalized spacial score (nSPS) is 11.2. The number of halogens is 5. The molecule has 1 aromatic rings. The molecule has 6 nitrogen and oxygen atoms in total. The summed E-state index contributed by atoms with van der Waals surface area (Å²) in [5.74, 6) is -1.74. The highest BCUT2D eigenvalue weighted by Gasteiger charge is 2.39. The molecule has 0 radical (unpaired) electrons. The van der Waals surface area contributed by atoms with E-state index in [1.165, 1.54) is 0 Å². The Hall–Kier alpha value is -2.51. The van der Waals surface area contributed by atoms with Crippen LogP contribution in [0.3, 0.4) is 0 Å². The van der Waals surface area contributed by atoms with E-state index in [1.807, 2.05) is 0 Å². The van der Waals surface area contributed by atoms with Crippen LogP contribution in [0.15, 0.2) is 6.20 Å². The van der Waals surface area contributed by atoms with Gasteiger partial charge in [0.1, 0.15) is 17.8 Å². The number of hydrogen-bond acceptors (Lipinski definition) is 5. The van der Waals surface area contributed by atoms with E-state index < -0.39 is 40.4 Å². The molecule has 11 heteroatoms. The molecule has 0 saturated heterocycles. The molecule has 1 rings (SSSR count). The number of nitrogens with zero attached hydrogens (tertiary/aromatic N) is 3. The molecule has 0 aliphatic carbocycles. The van der Waals surface area contributed by atoms with E-state index in [-0.39, 0.29) is 6.20 Å². The first-order valence-corrected chi connectivity index (χ1v) is 4.28. The third-order valence-electron chi connectivity index (χ3n) is 1.79. The van der Waals surface area contributed by atoms with E-state index in [1.54, 1.807) is 0 Å². The Balaban J connectivity index is 3.59. The molecule has 0 N–H and O–H groups in total. The Kier molecular flexibility index (Phi) is 3.83. The number of nitriles is 1. The summed E-state index contributed by atoms with van der Waals surface area (Å²) in [5.41, 5.74) is -4.07. The molecule has 1 heterocycles. The van der Waals surface area contributed by atoms with E-state index >= 15 is 0 Å². The fourth-order valence-corrected chi connectivity index (χ4v) is 1.14. The monoisotopic (exact) mass is 283 g/mol. The predicted molar refractivity (Wildman–Crippen MR) is 47.2 cm³/mol. The lowest BCUT2D eigenvalue weighted by Gasteiger charge is -2.13. The van der Waals surface area contributed by atoms with Crippen LogP contribution in [0.5, 0.6) is 5.75 Å². The molecular formula is C8H2F5N3O3. The van der Waals surface area contributed by atoms with Crippen molar-refractivity contribution in [3.8, 4) is 11.8 Å². The Morgan fingerprint density at radius 3 is 2.42 bits per heavy atom. The maximum absolute atomic E-state index is 12.6. The summed E-state index contributed by atoms with van der Waals surface area (Å²) in [7, 11) is 0. The minimum Gasteiger partial charge on any atom is -0.398 e. The van der Waals surface area contributed by atoms with Gasteiger partial charge in [-0.2, -0.15) is 5.26 Å². The SMILES string of the molecule is N#Cc1ncc([N+](=O)[O-])c(OC(F)(F)F)c1C(F)F. The fraction of sp³-hybridized carbons (Fsp3) is 0.250. The maximum Gasteiger partial charge on any atom is 0.573 e. The van der Waals surface area contributed by atoms with Crippen LogP contribution in [0.1, 0.15) is 17.7 Å². The summed E-state index contributed by atoms with van der Waals surface area (Å²) < 4.78 is 64.7. The molecular weight excluding hydrogens is 281 g/mol. The summed E-state index contributed by atoms with van der Waals surface area (Å²) in [4.78, 5) is 12.1. The van der Waals surface area contributed by atoms with Crippen LogP contribution in [-0.4, -0.2) is 16.3 Å². The van der Waals surface area contributed by atoms with Crippen molar-refractivity contribution >= 4 is 5.69 Å². The van der Waals surface area contributed by atoms with Crippen molar-refractivity contribution in [2.24, 2.45) is 0 Å². The van der Waals surface area contributed by atoms with Gasteiger partial charge in [0.05, 0.1) is 4.92 Å². The Bertz CT molecular complexity index is 552. The first-order valence-electron chi connectivity index (χ1n) is 4.28. The lowest BCUT2D eigenvalue weighted by Crippen LogP contribution is -2.20. The number of nitro groups is 1. The second kappa shape index (κ2) is 5.01. The highest BCUT2D eigenvalue weighted by molar-refractivity contribution is 5.55. The summed E-state index contributed by atoms with van der Waals surface area (Å²) in [5, 5.41) is 18.9. The van der Waals surface area contributed by atoms with Gasteiger partial charge in [0.15, 0.2) is 5.69 Å². The van der Waals surface area contributed by atoms with E-state index in [2.05, 4.69) is 9.72 Å². The standard InChI is InChI=1S/C8H2F5N3O3/c9-7(10)5-3(1-14)15-2-4(16(17)18)6(5)19-8(11,12)13/h2,7H. The number of pyridine rings is 1. The maximum atomic E-state index is 12.6. The third kappa shape index (κ3) is 3.24. The first-order chi connectivity index (χ1) is 8.67. The van der Waals surface area contributed by atoms with Gasteiger partial charge < -0.3 is 4.74 Å². The molecule has 0 unspecified atom stereocenters. The summed E-state index contributed by atoms with van der Waals surface area (Å²) >= 11 is 0. The van der Waals surface area contributed by atoms with Crippen molar-refractivity contribution in [3.05, 3.63) is 27.6 Å². The largest absolute Gasteiger partial charge is 0.573 e. The van der Waals surface area contributed by atoms with Crippen LogP contribution in [-0.2, 0) is 0 Å². The number of hydrogen-bond donors (Lipinski definition) is 0. The molecule has 102 valence electrons. The smallest absolute Gasteiger partial charge is 0.398 e. The average Bonchev–Trinajstić information content (AvgIpc) is 2.25. The van der Waals surface area contributed by atoms with Crippen molar-refractivity contribution in [2.45, 2.75) is 12.8 Å². The minimum absolute atomic E-state index is 0.242. The van der Waals surface area contributed by atoms with E-state index in [4.69, 9.17) is 5.26 Å². The van der Waals surface area contributed by atoms with E-state index in [0.717, 1.165) is 6.07 Å². The van der Waals surface area contributed by atoms with Crippen LogP contribution in [0, 0.1) is 21.4 Å². The first kappa shape index (κ1) is 14.6. The molecule has 0 saturated carbocycles. The van der Waals surface area contributed by atoms with Crippen LogP contribution >= 0.6 is 0 Å². The molecule has 0 amide bonds. The Morgan fingerprint density at radius 1 is 1.47 bits per heavy atom.